The van der Waals surface area contributed by atoms with E-state index in [9.17, 15) is 4.79 Å². The number of thioether (sulfide) groups is 1. The highest BCUT2D eigenvalue weighted by Crippen LogP contribution is 2.28. The van der Waals surface area contributed by atoms with Crippen LogP contribution in [0.1, 0.15) is 0 Å². The van der Waals surface area contributed by atoms with Crippen molar-refractivity contribution in [2.24, 2.45) is 5.10 Å². The van der Waals surface area contributed by atoms with Crippen LogP contribution in [0.4, 0.5) is 0 Å². The van der Waals surface area contributed by atoms with Crippen molar-refractivity contribution >= 4 is 51.9 Å². The molecule has 0 saturated carbocycles. The SMILES string of the molecule is O=C(CSc1nnc(-c2ccccn2)s1)N/N=c1/scc(-c2ccccc2)n1-c1ccccc1Cl. The maximum absolute atomic E-state index is 12.5. The second kappa shape index (κ2) is 11.0. The highest BCUT2D eigenvalue weighted by molar-refractivity contribution is 8.01. The van der Waals surface area contributed by atoms with Crippen molar-refractivity contribution in [3.05, 3.63) is 94.2 Å². The third-order valence-electron chi connectivity index (χ3n) is 4.76. The Labute approximate surface area is 218 Å². The van der Waals surface area contributed by atoms with Crippen molar-refractivity contribution in [1.82, 2.24) is 25.2 Å². The molecule has 3 aromatic heterocycles. The number of nitrogens with one attached hydrogen (secondary N) is 1. The Hall–Kier alpha value is -3.31. The second-order valence-electron chi connectivity index (χ2n) is 7.08. The number of thiazole rings is 1. The largest absolute Gasteiger partial charge is 0.282 e. The lowest BCUT2D eigenvalue weighted by atomic mass is 10.1. The van der Waals surface area contributed by atoms with E-state index in [0.717, 1.165) is 22.6 Å². The van der Waals surface area contributed by atoms with E-state index in [0.29, 0.717) is 19.2 Å². The van der Waals surface area contributed by atoms with Gasteiger partial charge in [-0.25, -0.2) is 5.43 Å². The van der Waals surface area contributed by atoms with Crippen LogP contribution in [0.15, 0.2) is 93.8 Å². The molecule has 0 unspecified atom stereocenters. The van der Waals surface area contributed by atoms with Gasteiger partial charge in [-0.3, -0.25) is 14.3 Å². The van der Waals surface area contributed by atoms with Gasteiger partial charge in [0.15, 0.2) is 9.35 Å². The monoisotopic (exact) mass is 536 g/mol. The van der Waals surface area contributed by atoms with Gasteiger partial charge in [-0.05, 0) is 29.8 Å². The lowest BCUT2D eigenvalue weighted by molar-refractivity contribution is -0.118. The maximum Gasteiger partial charge on any atom is 0.250 e. The van der Waals surface area contributed by atoms with Gasteiger partial charge >= 0.3 is 0 Å². The summed E-state index contributed by atoms with van der Waals surface area (Å²) in [5, 5.41) is 16.0. The van der Waals surface area contributed by atoms with E-state index in [1.54, 1.807) is 6.20 Å². The predicted molar refractivity (Wildman–Crippen MR) is 142 cm³/mol. The summed E-state index contributed by atoms with van der Waals surface area (Å²) in [6, 6.07) is 23.1. The lowest BCUT2D eigenvalue weighted by Gasteiger charge is -2.11. The third-order valence-corrected chi connectivity index (χ3v) is 7.99. The van der Waals surface area contributed by atoms with Crippen molar-refractivity contribution in [2.75, 3.05) is 5.75 Å². The fourth-order valence-corrected chi connectivity index (χ4v) is 5.90. The van der Waals surface area contributed by atoms with Gasteiger partial charge in [0.25, 0.3) is 5.91 Å². The highest BCUT2D eigenvalue weighted by atomic mass is 35.5. The molecule has 2 aromatic carbocycles. The molecular formula is C24H17ClN6OS3. The molecule has 174 valence electrons. The van der Waals surface area contributed by atoms with Crippen LogP contribution in [0.5, 0.6) is 0 Å². The normalized spacial score (nSPS) is 11.5. The number of hydrogen-bond donors (Lipinski definition) is 1. The van der Waals surface area contributed by atoms with Crippen molar-refractivity contribution in [2.45, 2.75) is 4.34 Å². The van der Waals surface area contributed by atoms with Crippen molar-refractivity contribution in [3.8, 4) is 27.6 Å². The smallest absolute Gasteiger partial charge is 0.250 e. The summed E-state index contributed by atoms with van der Waals surface area (Å²) < 4.78 is 2.63. The maximum atomic E-state index is 12.5. The zero-order valence-electron chi connectivity index (χ0n) is 18.0. The van der Waals surface area contributed by atoms with E-state index in [4.69, 9.17) is 11.6 Å². The summed E-state index contributed by atoms with van der Waals surface area (Å²) in [6.45, 7) is 0. The van der Waals surface area contributed by atoms with Gasteiger partial charge in [-0.1, -0.05) is 83.2 Å². The van der Waals surface area contributed by atoms with Gasteiger partial charge < -0.3 is 0 Å². The number of pyridine rings is 1. The standard InChI is InChI=1S/C24H17ClN6OS3/c25-17-10-4-5-12-19(17)31-20(16-8-2-1-3-9-16)14-33-23(31)29-27-21(32)15-34-24-30-28-22(35-24)18-11-6-7-13-26-18/h1-14H,15H2,(H,27,32)/b29-23+. The molecule has 0 spiro atoms. The molecule has 0 bridgehead atoms. The van der Waals surface area contributed by atoms with Gasteiger partial charge in [-0.2, -0.15) is 0 Å². The summed E-state index contributed by atoms with van der Waals surface area (Å²) in [5.41, 5.74) is 6.15. The molecule has 0 radical (unpaired) electrons. The molecule has 1 N–H and O–H groups in total. The first kappa shape index (κ1) is 23.4. The number of rotatable bonds is 7. The quantitative estimate of drug-likeness (QED) is 0.219. The Morgan fingerprint density at radius 2 is 1.83 bits per heavy atom. The summed E-state index contributed by atoms with van der Waals surface area (Å²) in [5.74, 6) is -0.0893. The third kappa shape index (κ3) is 5.51. The summed E-state index contributed by atoms with van der Waals surface area (Å²) in [7, 11) is 0. The molecule has 0 saturated heterocycles. The van der Waals surface area contributed by atoms with Crippen molar-refractivity contribution in [1.29, 1.82) is 0 Å². The van der Waals surface area contributed by atoms with Crippen LogP contribution in [0, 0.1) is 0 Å². The fourth-order valence-electron chi connectivity index (χ4n) is 3.20. The van der Waals surface area contributed by atoms with Gasteiger partial charge in [-0.15, -0.1) is 26.6 Å². The van der Waals surface area contributed by atoms with E-state index in [1.165, 1.54) is 34.4 Å². The average molecular weight is 537 g/mol. The summed E-state index contributed by atoms with van der Waals surface area (Å²) in [4.78, 5) is 17.4. The van der Waals surface area contributed by atoms with Crippen LogP contribution >= 0.6 is 46.0 Å². The second-order valence-corrected chi connectivity index (χ2v) is 10.5. The number of amides is 1. The number of carbonyl (C=O) groups excluding carboxylic acids is 1. The van der Waals surface area contributed by atoms with Crippen molar-refractivity contribution < 1.29 is 4.79 Å². The van der Waals surface area contributed by atoms with Crippen LogP contribution in [0.25, 0.3) is 27.6 Å². The van der Waals surface area contributed by atoms with Crippen LogP contribution < -0.4 is 10.2 Å². The topological polar surface area (TPSA) is 85.1 Å². The predicted octanol–water partition coefficient (Wildman–Crippen LogP) is 5.50. The number of nitrogens with zero attached hydrogens (tertiary/aromatic N) is 5. The molecule has 0 aliphatic rings. The number of halogens is 1. The number of hydrogen-bond acceptors (Lipinski definition) is 8. The lowest BCUT2D eigenvalue weighted by Crippen LogP contribution is -2.25. The van der Waals surface area contributed by atoms with Gasteiger partial charge in [0.1, 0.15) is 5.69 Å². The first-order valence-corrected chi connectivity index (χ1v) is 13.5. The Morgan fingerprint density at radius 1 is 1.03 bits per heavy atom. The minimum atomic E-state index is -0.245. The molecule has 1 amide bonds. The molecule has 0 atom stereocenters. The molecule has 35 heavy (non-hydrogen) atoms. The van der Waals surface area contributed by atoms with Gasteiger partial charge in [0.05, 0.1) is 22.2 Å². The molecule has 0 aliphatic heterocycles. The zero-order chi connectivity index (χ0) is 24.0. The Balaban J connectivity index is 1.34. The van der Waals surface area contributed by atoms with Gasteiger partial charge in [0, 0.05) is 11.6 Å². The summed E-state index contributed by atoms with van der Waals surface area (Å²) in [6.07, 6.45) is 1.71. The highest BCUT2D eigenvalue weighted by Gasteiger charge is 2.14. The van der Waals surface area contributed by atoms with E-state index in [-0.39, 0.29) is 11.7 Å². The first-order valence-electron chi connectivity index (χ1n) is 10.4. The van der Waals surface area contributed by atoms with Crippen molar-refractivity contribution in [3.63, 3.8) is 0 Å². The molecular weight excluding hydrogens is 520 g/mol. The fraction of sp³-hybridized carbons (Fsp3) is 0.0417. The summed E-state index contributed by atoms with van der Waals surface area (Å²) >= 11 is 10.6. The molecule has 7 nitrogen and oxygen atoms in total. The number of para-hydroxylation sites is 1. The number of carbonyl (C=O) groups is 1. The van der Waals surface area contributed by atoms with Crippen LogP contribution in [0.3, 0.4) is 0 Å². The first-order chi connectivity index (χ1) is 17.2. The Bertz CT molecular complexity index is 1520. The number of benzene rings is 2. The molecule has 0 aliphatic carbocycles. The number of aromatic nitrogens is 4. The molecule has 5 rings (SSSR count). The van der Waals surface area contributed by atoms with E-state index in [1.807, 2.05) is 82.7 Å². The average Bonchev–Trinajstić information content (AvgIpc) is 3.55. The van der Waals surface area contributed by atoms with E-state index in [2.05, 4.69) is 25.7 Å². The minimum Gasteiger partial charge on any atom is -0.282 e. The minimum absolute atomic E-state index is 0.156. The molecule has 3 heterocycles. The van der Waals surface area contributed by atoms with E-state index < -0.39 is 0 Å². The van der Waals surface area contributed by atoms with E-state index >= 15 is 0 Å². The Morgan fingerprint density at radius 3 is 2.63 bits per heavy atom. The van der Waals surface area contributed by atoms with Crippen LogP contribution in [-0.4, -0.2) is 31.4 Å². The molecule has 11 heteroatoms. The Kier molecular flexibility index (Phi) is 7.34. The van der Waals surface area contributed by atoms with Crippen LogP contribution in [0.2, 0.25) is 5.02 Å². The molecule has 0 fully saturated rings. The van der Waals surface area contributed by atoms with Gasteiger partial charge in [0.2, 0.25) is 4.80 Å². The zero-order valence-corrected chi connectivity index (χ0v) is 21.2. The van der Waals surface area contributed by atoms with Crippen LogP contribution in [-0.2, 0) is 4.79 Å². The molecule has 5 aromatic rings.